The van der Waals surface area contributed by atoms with Gasteiger partial charge in [-0.25, -0.2) is 18.9 Å². The topological polar surface area (TPSA) is 71.7 Å². The number of hydrogen-bond acceptors (Lipinski definition) is 4. The first-order valence-corrected chi connectivity index (χ1v) is 11.5. The number of nitrogens with one attached hydrogen (secondary N) is 1. The molecule has 1 N–H and O–H groups in total. The van der Waals surface area contributed by atoms with E-state index in [4.69, 9.17) is 16.6 Å². The summed E-state index contributed by atoms with van der Waals surface area (Å²) in [5.74, 6) is -0.149. The highest BCUT2D eigenvalue weighted by atomic mass is 35.5. The minimum absolute atomic E-state index is 0.240. The molecular weight excluding hydrogens is 465 g/mol. The molecule has 1 amide bonds. The number of halogens is 2. The molecule has 35 heavy (non-hydrogen) atoms. The number of carbonyl (C=O) groups is 1. The maximum atomic E-state index is 14.2. The molecule has 3 heterocycles. The molecule has 8 heteroatoms. The SMILES string of the molecule is CC1=C(F)C=CC(c2nc3cccnn3c2C2=CC(NC(=O)c3ccc(Cl)cc3)=NC=CC2)=CC1. The van der Waals surface area contributed by atoms with Gasteiger partial charge in [0, 0.05) is 23.0 Å². The van der Waals surface area contributed by atoms with Crippen molar-refractivity contribution in [1.82, 2.24) is 19.9 Å². The molecule has 0 fully saturated rings. The van der Waals surface area contributed by atoms with E-state index in [1.54, 1.807) is 54.2 Å². The van der Waals surface area contributed by atoms with Crippen molar-refractivity contribution in [2.75, 3.05) is 0 Å². The number of imidazole rings is 1. The lowest BCUT2D eigenvalue weighted by atomic mass is 10.0. The first kappa shape index (κ1) is 22.7. The van der Waals surface area contributed by atoms with Crippen LogP contribution in [0.1, 0.15) is 41.5 Å². The molecule has 1 aliphatic carbocycles. The Morgan fingerprint density at radius 1 is 1.14 bits per heavy atom. The summed E-state index contributed by atoms with van der Waals surface area (Å²) >= 11 is 5.94. The highest BCUT2D eigenvalue weighted by Gasteiger charge is 2.21. The van der Waals surface area contributed by atoms with Crippen LogP contribution in [-0.2, 0) is 0 Å². The van der Waals surface area contributed by atoms with Gasteiger partial charge in [0.2, 0.25) is 0 Å². The molecule has 2 aliphatic rings. The van der Waals surface area contributed by atoms with E-state index in [2.05, 4.69) is 15.4 Å². The summed E-state index contributed by atoms with van der Waals surface area (Å²) in [5.41, 5.74) is 4.91. The second-order valence-electron chi connectivity index (χ2n) is 8.16. The van der Waals surface area contributed by atoms with Crippen molar-refractivity contribution in [2.45, 2.75) is 19.8 Å². The van der Waals surface area contributed by atoms with Crippen LogP contribution in [0, 0.1) is 0 Å². The van der Waals surface area contributed by atoms with Gasteiger partial charge in [-0.15, -0.1) is 0 Å². The smallest absolute Gasteiger partial charge is 0.256 e. The van der Waals surface area contributed by atoms with Crippen LogP contribution >= 0.6 is 11.6 Å². The standard InChI is InChI=1S/C27H21ClFN5O/c1-17-6-7-18(10-13-22(17)29)25-26(34-24(33-25)5-3-15-31-34)20-4-2-14-30-23(16-20)32-27(35)19-8-11-21(28)12-9-19/h2-3,5,7-16H,4,6H2,1H3,(H,30,32,35). The lowest BCUT2D eigenvalue weighted by Gasteiger charge is -2.10. The number of amides is 1. The number of nitrogens with zero attached hydrogens (tertiary/aromatic N) is 4. The second kappa shape index (κ2) is 9.64. The van der Waals surface area contributed by atoms with E-state index in [-0.39, 0.29) is 11.7 Å². The summed E-state index contributed by atoms with van der Waals surface area (Å²) in [6.45, 7) is 1.77. The summed E-state index contributed by atoms with van der Waals surface area (Å²) < 4.78 is 16.0. The van der Waals surface area contributed by atoms with Gasteiger partial charge in [-0.1, -0.05) is 29.8 Å². The van der Waals surface area contributed by atoms with Crippen LogP contribution in [0.15, 0.2) is 95.6 Å². The number of carbonyl (C=O) groups excluding carboxylic acids is 1. The van der Waals surface area contributed by atoms with E-state index in [1.165, 1.54) is 6.08 Å². The minimum atomic E-state index is -0.297. The maximum absolute atomic E-state index is 14.2. The van der Waals surface area contributed by atoms with Crippen molar-refractivity contribution in [3.05, 3.63) is 113 Å². The van der Waals surface area contributed by atoms with E-state index >= 15 is 0 Å². The number of aliphatic imine (C=N–C) groups is 1. The van der Waals surface area contributed by atoms with Gasteiger partial charge in [-0.3, -0.25) is 4.79 Å². The molecule has 174 valence electrons. The average Bonchev–Trinajstić information content (AvgIpc) is 2.96. The Balaban J connectivity index is 1.56. The molecule has 0 bridgehead atoms. The number of hydrogen-bond donors (Lipinski definition) is 1. The van der Waals surface area contributed by atoms with Gasteiger partial charge in [0.15, 0.2) is 5.65 Å². The molecule has 0 unspecified atom stereocenters. The van der Waals surface area contributed by atoms with Crippen molar-refractivity contribution in [2.24, 2.45) is 4.99 Å². The fourth-order valence-corrected chi connectivity index (χ4v) is 4.01. The van der Waals surface area contributed by atoms with Gasteiger partial charge in [0.1, 0.15) is 11.7 Å². The quantitative estimate of drug-likeness (QED) is 0.487. The monoisotopic (exact) mass is 485 g/mol. The summed E-state index contributed by atoms with van der Waals surface area (Å²) in [4.78, 5) is 22.0. The van der Waals surface area contributed by atoms with E-state index in [9.17, 15) is 9.18 Å². The molecule has 0 radical (unpaired) electrons. The van der Waals surface area contributed by atoms with E-state index in [0.29, 0.717) is 46.2 Å². The third-order valence-electron chi connectivity index (χ3n) is 5.73. The Labute approximate surface area is 206 Å². The number of benzene rings is 1. The molecular formula is C27H21ClFN5O. The Morgan fingerprint density at radius 3 is 2.80 bits per heavy atom. The molecule has 0 saturated carbocycles. The first-order chi connectivity index (χ1) is 17.0. The number of allylic oxidation sites excluding steroid dienone is 8. The fraction of sp³-hybridized carbons (Fsp3) is 0.111. The highest BCUT2D eigenvalue weighted by molar-refractivity contribution is 6.30. The number of aromatic nitrogens is 3. The summed E-state index contributed by atoms with van der Waals surface area (Å²) in [6.07, 6.45) is 13.3. The van der Waals surface area contributed by atoms with Gasteiger partial charge in [-0.2, -0.15) is 5.10 Å². The Kier molecular flexibility index (Phi) is 6.25. The Hall–Kier alpha value is -4.10. The zero-order valence-electron chi connectivity index (χ0n) is 18.9. The van der Waals surface area contributed by atoms with Gasteiger partial charge in [-0.05, 0) is 85.0 Å². The third-order valence-corrected chi connectivity index (χ3v) is 5.98. The summed E-state index contributed by atoms with van der Waals surface area (Å²) in [6, 6.07) is 10.3. The first-order valence-electron chi connectivity index (χ1n) is 11.1. The molecule has 1 aromatic carbocycles. The van der Waals surface area contributed by atoms with Crippen LogP contribution < -0.4 is 5.32 Å². The van der Waals surface area contributed by atoms with Gasteiger partial charge in [0.05, 0.1) is 11.4 Å². The molecule has 5 rings (SSSR count). The predicted octanol–water partition coefficient (Wildman–Crippen LogP) is 6.10. The van der Waals surface area contributed by atoms with Crippen LogP contribution in [-0.4, -0.2) is 26.3 Å². The van der Waals surface area contributed by atoms with Crippen molar-refractivity contribution in [1.29, 1.82) is 0 Å². The predicted molar refractivity (Wildman–Crippen MR) is 137 cm³/mol. The number of amidine groups is 1. The molecule has 3 aromatic rings. The summed E-state index contributed by atoms with van der Waals surface area (Å²) in [5, 5.41) is 7.93. The fourth-order valence-electron chi connectivity index (χ4n) is 3.88. The summed E-state index contributed by atoms with van der Waals surface area (Å²) in [7, 11) is 0. The molecule has 2 aromatic heterocycles. The van der Waals surface area contributed by atoms with Crippen LogP contribution in [0.2, 0.25) is 5.02 Å². The van der Waals surface area contributed by atoms with Crippen LogP contribution in [0.25, 0.3) is 16.8 Å². The van der Waals surface area contributed by atoms with Crippen LogP contribution in [0.5, 0.6) is 0 Å². The number of fused-ring (bicyclic) bond motifs is 1. The third kappa shape index (κ3) is 4.76. The molecule has 0 saturated heterocycles. The number of rotatable bonds is 3. The lowest BCUT2D eigenvalue weighted by Crippen LogP contribution is -2.29. The normalized spacial score (nSPS) is 15.9. The molecule has 1 aliphatic heterocycles. The second-order valence-corrected chi connectivity index (χ2v) is 8.60. The Morgan fingerprint density at radius 2 is 1.97 bits per heavy atom. The van der Waals surface area contributed by atoms with Gasteiger partial charge >= 0.3 is 0 Å². The van der Waals surface area contributed by atoms with E-state index < -0.39 is 0 Å². The maximum Gasteiger partial charge on any atom is 0.256 e. The zero-order chi connectivity index (χ0) is 24.4. The lowest BCUT2D eigenvalue weighted by molar-refractivity contribution is 0.0977. The van der Waals surface area contributed by atoms with Crippen molar-refractivity contribution < 1.29 is 9.18 Å². The zero-order valence-corrected chi connectivity index (χ0v) is 19.6. The molecule has 0 spiro atoms. The van der Waals surface area contributed by atoms with Crippen molar-refractivity contribution >= 4 is 40.1 Å². The molecule has 0 atom stereocenters. The van der Waals surface area contributed by atoms with Crippen molar-refractivity contribution in [3.8, 4) is 0 Å². The van der Waals surface area contributed by atoms with Gasteiger partial charge in [0.25, 0.3) is 5.91 Å². The largest absolute Gasteiger partial charge is 0.307 e. The van der Waals surface area contributed by atoms with E-state index in [0.717, 1.165) is 16.8 Å². The van der Waals surface area contributed by atoms with E-state index in [1.807, 2.05) is 30.4 Å². The van der Waals surface area contributed by atoms with Gasteiger partial charge < -0.3 is 5.32 Å². The minimum Gasteiger partial charge on any atom is -0.307 e. The van der Waals surface area contributed by atoms with Crippen molar-refractivity contribution in [3.63, 3.8) is 0 Å². The molecule has 6 nitrogen and oxygen atoms in total. The average molecular weight is 486 g/mol. The van der Waals surface area contributed by atoms with Crippen LogP contribution in [0.3, 0.4) is 0 Å². The highest BCUT2D eigenvalue weighted by Crippen LogP contribution is 2.32. The van der Waals surface area contributed by atoms with Crippen LogP contribution in [0.4, 0.5) is 4.39 Å². The Bertz CT molecular complexity index is 1510.